The molecule has 1 N–H and O–H groups in total. The van der Waals surface area contributed by atoms with Gasteiger partial charge in [-0.3, -0.25) is 4.68 Å². The van der Waals surface area contributed by atoms with Crippen molar-refractivity contribution in [2.75, 3.05) is 6.54 Å². The first-order valence-electron chi connectivity index (χ1n) is 6.75. The molecule has 2 aromatic rings. The summed E-state index contributed by atoms with van der Waals surface area (Å²) in [6, 6.07) is 4.30. The van der Waals surface area contributed by atoms with Crippen molar-refractivity contribution in [3.05, 3.63) is 47.3 Å². The van der Waals surface area contributed by atoms with Gasteiger partial charge >= 0.3 is 0 Å². The quantitative estimate of drug-likeness (QED) is 0.826. The number of nitrogens with zero attached hydrogens (tertiary/aromatic N) is 2. The van der Waals surface area contributed by atoms with E-state index in [1.165, 1.54) is 0 Å². The first kappa shape index (κ1) is 16.6. The molecule has 22 heavy (non-hydrogen) atoms. The van der Waals surface area contributed by atoms with Crippen molar-refractivity contribution >= 4 is 10.0 Å². The fourth-order valence-electron chi connectivity index (χ4n) is 2.11. The number of rotatable bonds is 6. The van der Waals surface area contributed by atoms with Crippen LogP contribution in [0.3, 0.4) is 0 Å². The first-order valence-corrected chi connectivity index (χ1v) is 8.24. The number of aromatic nitrogens is 2. The van der Waals surface area contributed by atoms with Gasteiger partial charge in [0, 0.05) is 24.8 Å². The lowest BCUT2D eigenvalue weighted by atomic mass is 10.3. The standard InChI is InChI=1S/C14H17F2N3O2S/c1-10-8-11(2)19(18-10)7-3-6-17-22(20,21)14-5-4-12(15)9-13(14)16/h4-5,8-9,17H,3,6-7H2,1-2H3. The average molecular weight is 329 g/mol. The molecule has 0 saturated heterocycles. The molecular weight excluding hydrogens is 312 g/mol. The summed E-state index contributed by atoms with van der Waals surface area (Å²) in [5.74, 6) is -1.92. The summed E-state index contributed by atoms with van der Waals surface area (Å²) in [4.78, 5) is -0.556. The molecule has 1 heterocycles. The minimum atomic E-state index is -3.99. The van der Waals surface area contributed by atoms with E-state index < -0.39 is 26.6 Å². The Balaban J connectivity index is 1.94. The van der Waals surface area contributed by atoms with Gasteiger partial charge in [-0.15, -0.1) is 0 Å². The summed E-state index contributed by atoms with van der Waals surface area (Å²) in [6.45, 7) is 4.48. The maximum absolute atomic E-state index is 13.5. The van der Waals surface area contributed by atoms with E-state index in [4.69, 9.17) is 0 Å². The zero-order valence-electron chi connectivity index (χ0n) is 12.3. The van der Waals surface area contributed by atoms with Crippen molar-refractivity contribution in [2.45, 2.75) is 31.7 Å². The average Bonchev–Trinajstić information content (AvgIpc) is 2.72. The molecule has 0 amide bonds. The molecular formula is C14H17F2N3O2S. The molecule has 0 radical (unpaired) electrons. The number of hydrogen-bond acceptors (Lipinski definition) is 3. The van der Waals surface area contributed by atoms with Gasteiger partial charge in [-0.05, 0) is 38.5 Å². The van der Waals surface area contributed by atoms with E-state index in [0.717, 1.165) is 23.5 Å². The van der Waals surface area contributed by atoms with Gasteiger partial charge < -0.3 is 0 Å². The number of nitrogens with one attached hydrogen (secondary N) is 1. The van der Waals surface area contributed by atoms with Gasteiger partial charge in [-0.1, -0.05) is 0 Å². The monoisotopic (exact) mass is 329 g/mol. The molecule has 1 aromatic carbocycles. The lowest BCUT2D eigenvalue weighted by Crippen LogP contribution is -2.26. The normalized spacial score (nSPS) is 11.8. The Morgan fingerprint density at radius 2 is 1.95 bits per heavy atom. The lowest BCUT2D eigenvalue weighted by molar-refractivity contribution is 0.531. The highest BCUT2D eigenvalue weighted by atomic mass is 32.2. The van der Waals surface area contributed by atoms with Gasteiger partial charge in [-0.25, -0.2) is 21.9 Å². The summed E-state index contributed by atoms with van der Waals surface area (Å²) in [5.41, 5.74) is 1.89. The number of hydrogen-bond donors (Lipinski definition) is 1. The van der Waals surface area contributed by atoms with Crippen molar-refractivity contribution in [1.82, 2.24) is 14.5 Å². The van der Waals surface area contributed by atoms with Crippen LogP contribution in [0.15, 0.2) is 29.2 Å². The van der Waals surface area contributed by atoms with Crippen LogP contribution in [0.25, 0.3) is 0 Å². The molecule has 0 atom stereocenters. The lowest BCUT2D eigenvalue weighted by Gasteiger charge is -2.08. The van der Waals surface area contributed by atoms with Crippen LogP contribution in [-0.4, -0.2) is 24.7 Å². The van der Waals surface area contributed by atoms with E-state index in [0.29, 0.717) is 19.0 Å². The van der Waals surface area contributed by atoms with Gasteiger partial charge in [0.15, 0.2) is 0 Å². The highest BCUT2D eigenvalue weighted by molar-refractivity contribution is 7.89. The maximum Gasteiger partial charge on any atom is 0.243 e. The number of sulfonamides is 1. The Morgan fingerprint density at radius 1 is 1.23 bits per heavy atom. The highest BCUT2D eigenvalue weighted by Crippen LogP contribution is 2.15. The van der Waals surface area contributed by atoms with Gasteiger partial charge in [0.25, 0.3) is 0 Å². The third-order valence-electron chi connectivity index (χ3n) is 3.13. The topological polar surface area (TPSA) is 64.0 Å². The Bertz CT molecular complexity index is 772. The molecule has 0 unspecified atom stereocenters. The van der Waals surface area contributed by atoms with Crippen LogP contribution in [0.1, 0.15) is 17.8 Å². The fraction of sp³-hybridized carbons (Fsp3) is 0.357. The molecule has 0 aliphatic heterocycles. The Hall–Kier alpha value is -1.80. The van der Waals surface area contributed by atoms with E-state index in [1.807, 2.05) is 19.9 Å². The van der Waals surface area contributed by atoms with E-state index >= 15 is 0 Å². The zero-order valence-corrected chi connectivity index (χ0v) is 13.1. The van der Waals surface area contributed by atoms with E-state index in [1.54, 1.807) is 4.68 Å². The third-order valence-corrected chi connectivity index (χ3v) is 4.62. The molecule has 0 aliphatic rings. The zero-order chi connectivity index (χ0) is 16.3. The predicted molar refractivity (Wildman–Crippen MR) is 77.9 cm³/mol. The van der Waals surface area contributed by atoms with Crippen molar-refractivity contribution in [2.24, 2.45) is 0 Å². The molecule has 5 nitrogen and oxygen atoms in total. The molecule has 8 heteroatoms. The van der Waals surface area contributed by atoms with E-state index in [9.17, 15) is 17.2 Å². The largest absolute Gasteiger partial charge is 0.270 e. The molecule has 2 rings (SSSR count). The van der Waals surface area contributed by atoms with Crippen LogP contribution in [-0.2, 0) is 16.6 Å². The summed E-state index contributed by atoms with van der Waals surface area (Å²) < 4.78 is 54.3. The maximum atomic E-state index is 13.5. The predicted octanol–water partition coefficient (Wildman–Crippen LogP) is 2.15. The SMILES string of the molecule is Cc1cc(C)n(CCCNS(=O)(=O)c2ccc(F)cc2F)n1. The second-order valence-electron chi connectivity index (χ2n) is 4.98. The van der Waals surface area contributed by atoms with Crippen molar-refractivity contribution in [1.29, 1.82) is 0 Å². The smallest absolute Gasteiger partial charge is 0.243 e. The molecule has 120 valence electrons. The van der Waals surface area contributed by atoms with Crippen LogP contribution in [0.2, 0.25) is 0 Å². The van der Waals surface area contributed by atoms with Gasteiger partial charge in [0.1, 0.15) is 16.5 Å². The molecule has 0 fully saturated rings. The van der Waals surface area contributed by atoms with E-state index in [-0.39, 0.29) is 6.54 Å². The van der Waals surface area contributed by atoms with Gasteiger partial charge in [-0.2, -0.15) is 5.10 Å². The number of benzene rings is 1. The summed E-state index contributed by atoms with van der Waals surface area (Å²) in [6.07, 6.45) is 0.504. The van der Waals surface area contributed by atoms with Crippen LogP contribution in [0.4, 0.5) is 8.78 Å². The van der Waals surface area contributed by atoms with Gasteiger partial charge in [0.2, 0.25) is 10.0 Å². The second-order valence-corrected chi connectivity index (χ2v) is 6.71. The third kappa shape index (κ3) is 3.89. The summed E-state index contributed by atoms with van der Waals surface area (Å²) in [7, 11) is -3.99. The van der Waals surface area contributed by atoms with E-state index in [2.05, 4.69) is 9.82 Å². The molecule has 0 aliphatic carbocycles. The Morgan fingerprint density at radius 3 is 2.55 bits per heavy atom. The van der Waals surface area contributed by atoms with Crippen LogP contribution in [0.5, 0.6) is 0 Å². The van der Waals surface area contributed by atoms with Crippen molar-refractivity contribution < 1.29 is 17.2 Å². The van der Waals surface area contributed by atoms with Crippen molar-refractivity contribution in [3.63, 3.8) is 0 Å². The molecule has 1 aromatic heterocycles. The molecule has 0 saturated carbocycles. The summed E-state index contributed by atoms with van der Waals surface area (Å²) >= 11 is 0. The summed E-state index contributed by atoms with van der Waals surface area (Å²) in [5, 5.41) is 4.26. The first-order chi connectivity index (χ1) is 10.3. The Labute approximate surface area is 128 Å². The van der Waals surface area contributed by atoms with Crippen LogP contribution in [0, 0.1) is 25.5 Å². The second kappa shape index (κ2) is 6.53. The van der Waals surface area contributed by atoms with Gasteiger partial charge in [0.05, 0.1) is 5.69 Å². The Kier molecular flexibility index (Phi) is 4.92. The number of aryl methyl sites for hydroxylation is 3. The molecule has 0 bridgehead atoms. The number of halogens is 2. The molecule has 0 spiro atoms. The van der Waals surface area contributed by atoms with Crippen LogP contribution >= 0.6 is 0 Å². The minimum absolute atomic E-state index is 0.136. The highest BCUT2D eigenvalue weighted by Gasteiger charge is 2.18. The minimum Gasteiger partial charge on any atom is -0.270 e. The fourth-order valence-corrected chi connectivity index (χ4v) is 3.24. The van der Waals surface area contributed by atoms with Crippen LogP contribution < -0.4 is 4.72 Å². The van der Waals surface area contributed by atoms with Crippen molar-refractivity contribution in [3.8, 4) is 0 Å².